The molecule has 1 aromatic carbocycles. The van der Waals surface area contributed by atoms with Crippen molar-refractivity contribution in [2.45, 2.75) is 51.9 Å². The number of pyridine rings is 1. The highest BCUT2D eigenvalue weighted by molar-refractivity contribution is 6.03. The van der Waals surface area contributed by atoms with E-state index in [-0.39, 0.29) is 36.1 Å². The van der Waals surface area contributed by atoms with E-state index in [2.05, 4.69) is 15.6 Å². The molecule has 2 atom stereocenters. The molecule has 0 unspecified atom stereocenters. The minimum Gasteiger partial charge on any atom is -0.354 e. The van der Waals surface area contributed by atoms with Crippen LogP contribution >= 0.6 is 0 Å². The van der Waals surface area contributed by atoms with Crippen molar-refractivity contribution < 1.29 is 27.6 Å². The first kappa shape index (κ1) is 28.1. The second-order valence-corrected chi connectivity index (χ2v) is 10.0. The van der Waals surface area contributed by atoms with Crippen molar-refractivity contribution in [3.05, 3.63) is 76.8 Å². The average Bonchev–Trinajstić information content (AvgIpc) is 3.23. The monoisotopic (exact) mass is 543 g/mol. The third-order valence-electron chi connectivity index (χ3n) is 6.92. The molecule has 2 N–H and O–H groups in total. The average molecular weight is 544 g/mol. The molecular weight excluding hydrogens is 511 g/mol. The summed E-state index contributed by atoms with van der Waals surface area (Å²) in [5.74, 6) is -0.871. The zero-order chi connectivity index (χ0) is 28.3. The number of carbonyl (C=O) groups is 3. The lowest BCUT2D eigenvalue weighted by Crippen LogP contribution is -2.49. The van der Waals surface area contributed by atoms with Crippen molar-refractivity contribution in [2.75, 3.05) is 19.6 Å². The van der Waals surface area contributed by atoms with Gasteiger partial charge in [-0.2, -0.15) is 13.2 Å². The molecule has 0 radical (unpaired) electrons. The molecule has 0 saturated carbocycles. The highest BCUT2D eigenvalue weighted by Crippen LogP contribution is 2.42. The molecule has 4 rings (SSSR count). The zero-order valence-electron chi connectivity index (χ0n) is 22.1. The Bertz CT molecular complexity index is 1260. The summed E-state index contributed by atoms with van der Waals surface area (Å²) in [6.45, 7) is 6.04. The predicted molar refractivity (Wildman–Crippen MR) is 138 cm³/mol. The van der Waals surface area contributed by atoms with Crippen LogP contribution in [0.25, 0.3) is 0 Å². The number of halogens is 3. The molecule has 1 aromatic heterocycles. The van der Waals surface area contributed by atoms with Crippen molar-refractivity contribution in [3.63, 3.8) is 0 Å². The molecule has 8 nitrogen and oxygen atoms in total. The Kier molecular flexibility index (Phi) is 8.27. The van der Waals surface area contributed by atoms with E-state index < -0.39 is 35.8 Å². The maximum Gasteiger partial charge on any atom is 0.416 e. The van der Waals surface area contributed by atoms with E-state index >= 15 is 0 Å². The number of rotatable bonds is 9. The van der Waals surface area contributed by atoms with Gasteiger partial charge in [0, 0.05) is 31.4 Å². The number of nitrogens with zero attached hydrogens (tertiary/aromatic N) is 3. The van der Waals surface area contributed by atoms with Gasteiger partial charge in [0.05, 0.1) is 29.4 Å². The van der Waals surface area contributed by atoms with Crippen LogP contribution in [-0.4, -0.2) is 58.3 Å². The number of alkyl halides is 3. The first-order chi connectivity index (χ1) is 18.5. The minimum atomic E-state index is -4.68. The van der Waals surface area contributed by atoms with Gasteiger partial charge in [-0.05, 0) is 43.0 Å². The number of benzene rings is 1. The van der Waals surface area contributed by atoms with Gasteiger partial charge in [0.2, 0.25) is 5.91 Å². The summed E-state index contributed by atoms with van der Waals surface area (Å²) >= 11 is 0. The SMILES string of the molecule is CCN1C(=O)N[C@H](c2ccccc2C(F)(F)F)C2=C1CN([C@@H](CC(C)C)C(=O)NCCc1ccccn1)C2=O. The van der Waals surface area contributed by atoms with E-state index in [1.54, 1.807) is 19.2 Å². The number of urea groups is 1. The topological polar surface area (TPSA) is 94.6 Å². The van der Waals surface area contributed by atoms with Crippen LogP contribution in [-0.2, 0) is 22.2 Å². The van der Waals surface area contributed by atoms with Crippen molar-refractivity contribution in [1.29, 1.82) is 0 Å². The van der Waals surface area contributed by atoms with Crippen molar-refractivity contribution in [1.82, 2.24) is 25.4 Å². The van der Waals surface area contributed by atoms with Gasteiger partial charge in [0.25, 0.3) is 5.91 Å². The van der Waals surface area contributed by atoms with Crippen LogP contribution in [0.1, 0.15) is 50.1 Å². The summed E-state index contributed by atoms with van der Waals surface area (Å²) in [5, 5.41) is 5.49. The Morgan fingerprint density at radius 2 is 1.87 bits per heavy atom. The van der Waals surface area contributed by atoms with Crippen molar-refractivity contribution >= 4 is 17.8 Å². The molecule has 0 saturated heterocycles. The number of nitrogens with one attached hydrogen (secondary N) is 2. The van der Waals surface area contributed by atoms with Crippen molar-refractivity contribution in [2.24, 2.45) is 5.92 Å². The number of amides is 4. The van der Waals surface area contributed by atoms with Gasteiger partial charge in [-0.1, -0.05) is 38.1 Å². The van der Waals surface area contributed by atoms with Crippen LogP contribution in [0.15, 0.2) is 59.9 Å². The normalized spacial score (nSPS) is 18.4. The van der Waals surface area contributed by atoms with Crippen molar-refractivity contribution in [3.8, 4) is 0 Å². The highest BCUT2D eigenvalue weighted by atomic mass is 19.4. The van der Waals surface area contributed by atoms with E-state index in [0.717, 1.165) is 11.8 Å². The van der Waals surface area contributed by atoms with E-state index in [1.165, 1.54) is 28.0 Å². The largest absolute Gasteiger partial charge is 0.416 e. The van der Waals surface area contributed by atoms with Crippen LogP contribution in [0, 0.1) is 5.92 Å². The first-order valence-corrected chi connectivity index (χ1v) is 13.0. The van der Waals surface area contributed by atoms with Crippen LogP contribution in [0.4, 0.5) is 18.0 Å². The van der Waals surface area contributed by atoms with Gasteiger partial charge < -0.3 is 15.5 Å². The molecular formula is C28H32F3N5O3. The summed E-state index contributed by atoms with van der Waals surface area (Å²) in [4.78, 5) is 47.2. The fraction of sp³-hybridized carbons (Fsp3) is 0.429. The number of hydrogen-bond donors (Lipinski definition) is 2. The van der Waals surface area contributed by atoms with Gasteiger partial charge in [0.15, 0.2) is 0 Å². The van der Waals surface area contributed by atoms with E-state index in [0.29, 0.717) is 25.1 Å². The standard InChI is InChI=1S/C28H32F3N5O3/c1-4-35-22-16-36(21(15-17(2)3)25(37)33-14-12-18-9-7-8-13-32-18)26(38)23(22)24(34-27(35)39)19-10-5-6-11-20(19)28(29,30)31/h5-11,13,17,21,24H,4,12,14-16H2,1-3H3,(H,33,37)(H,34,39)/t21-,24+/m0/s1. The molecule has 3 heterocycles. The molecule has 2 aromatic rings. The summed E-state index contributed by atoms with van der Waals surface area (Å²) in [6.07, 6.45) is -2.17. The maximum atomic E-state index is 13.9. The smallest absolute Gasteiger partial charge is 0.354 e. The molecule has 11 heteroatoms. The molecule has 2 aliphatic rings. The molecule has 0 fully saturated rings. The van der Waals surface area contributed by atoms with Crippen LogP contribution < -0.4 is 10.6 Å². The maximum absolute atomic E-state index is 13.9. The predicted octanol–water partition coefficient (Wildman–Crippen LogP) is 4.06. The molecule has 0 aliphatic carbocycles. The Hall–Kier alpha value is -3.89. The van der Waals surface area contributed by atoms with Gasteiger partial charge in [-0.15, -0.1) is 0 Å². The third-order valence-corrected chi connectivity index (χ3v) is 6.92. The first-order valence-electron chi connectivity index (χ1n) is 13.0. The van der Waals surface area contributed by atoms with Crippen LogP contribution in [0.5, 0.6) is 0 Å². The number of carbonyl (C=O) groups excluding carboxylic acids is 3. The second kappa shape index (κ2) is 11.5. The highest BCUT2D eigenvalue weighted by Gasteiger charge is 2.48. The van der Waals surface area contributed by atoms with E-state index in [4.69, 9.17) is 0 Å². The molecule has 2 aliphatic heterocycles. The van der Waals surface area contributed by atoms with Crippen LogP contribution in [0.2, 0.25) is 0 Å². The zero-order valence-corrected chi connectivity index (χ0v) is 22.1. The lowest BCUT2D eigenvalue weighted by Gasteiger charge is -2.33. The van der Waals surface area contributed by atoms with E-state index in [9.17, 15) is 27.6 Å². The summed E-state index contributed by atoms with van der Waals surface area (Å²) in [5.41, 5.74) is 0.0507. The van der Waals surface area contributed by atoms with Crippen LogP contribution in [0.3, 0.4) is 0 Å². The second-order valence-electron chi connectivity index (χ2n) is 10.0. The van der Waals surface area contributed by atoms with E-state index in [1.807, 2.05) is 26.0 Å². The quantitative estimate of drug-likeness (QED) is 0.499. The molecule has 4 amide bonds. The Labute approximate surface area is 225 Å². The third kappa shape index (κ3) is 5.91. The molecule has 0 bridgehead atoms. The van der Waals surface area contributed by atoms with Gasteiger partial charge in [-0.3, -0.25) is 19.5 Å². The molecule has 39 heavy (non-hydrogen) atoms. The molecule has 0 spiro atoms. The minimum absolute atomic E-state index is 0.0470. The Morgan fingerprint density at radius 1 is 1.15 bits per heavy atom. The molecule has 208 valence electrons. The Balaban J connectivity index is 1.64. The summed E-state index contributed by atoms with van der Waals surface area (Å²) in [6, 6.07) is 7.67. The summed E-state index contributed by atoms with van der Waals surface area (Å²) in [7, 11) is 0. The Morgan fingerprint density at radius 3 is 2.51 bits per heavy atom. The van der Waals surface area contributed by atoms with Gasteiger partial charge in [-0.25, -0.2) is 4.79 Å². The van der Waals surface area contributed by atoms with Gasteiger partial charge in [0.1, 0.15) is 6.04 Å². The number of aromatic nitrogens is 1. The lowest BCUT2D eigenvalue weighted by molar-refractivity contribution is -0.139. The number of hydrogen-bond acceptors (Lipinski definition) is 4. The lowest BCUT2D eigenvalue weighted by atomic mass is 9.91. The fourth-order valence-corrected chi connectivity index (χ4v) is 5.14. The summed E-state index contributed by atoms with van der Waals surface area (Å²) < 4.78 is 41.7. The van der Waals surface area contributed by atoms with Gasteiger partial charge >= 0.3 is 12.2 Å². The fourth-order valence-electron chi connectivity index (χ4n) is 5.14. The number of likely N-dealkylation sites (N-methyl/N-ethyl adjacent to an activating group) is 1.